The topological polar surface area (TPSA) is 79.9 Å². The molecule has 1 aromatic carbocycles. The average Bonchev–Trinajstić information content (AvgIpc) is 2.86. The molecule has 0 fully saturated rings. The van der Waals surface area contributed by atoms with E-state index in [-0.39, 0.29) is 5.91 Å². The lowest BCUT2D eigenvalue weighted by Crippen LogP contribution is -2.15. The second kappa shape index (κ2) is 6.57. The van der Waals surface area contributed by atoms with Crippen LogP contribution in [-0.4, -0.2) is 22.8 Å². The van der Waals surface area contributed by atoms with E-state index in [1.807, 2.05) is 30.3 Å². The van der Waals surface area contributed by atoms with Crippen molar-refractivity contribution < 1.29 is 9.53 Å². The lowest BCUT2D eigenvalue weighted by atomic mass is 10.1. The standard InChI is InChI=1S/C15H16N4O2/c1-19-15(12(9-16)10-17-19)18-14(20)8-5-11-3-6-13(21-2)7-4-11/h3-4,6-7,10H,5,8H2,1-2H3,(H,18,20). The number of nitrogens with zero attached hydrogens (tertiary/aromatic N) is 3. The number of aromatic nitrogens is 2. The Morgan fingerprint density at radius 3 is 2.76 bits per heavy atom. The van der Waals surface area contributed by atoms with Gasteiger partial charge in [-0.05, 0) is 24.1 Å². The molecule has 1 heterocycles. The fourth-order valence-corrected chi connectivity index (χ4v) is 1.91. The number of amides is 1. The Balaban J connectivity index is 1.93. The first-order valence-electron chi connectivity index (χ1n) is 6.49. The molecule has 0 saturated heterocycles. The number of ether oxygens (including phenoxy) is 1. The molecule has 1 amide bonds. The van der Waals surface area contributed by atoms with Crippen molar-refractivity contribution in [2.75, 3.05) is 12.4 Å². The van der Waals surface area contributed by atoms with E-state index in [1.54, 1.807) is 14.2 Å². The van der Waals surface area contributed by atoms with Crippen LogP contribution < -0.4 is 10.1 Å². The van der Waals surface area contributed by atoms with Gasteiger partial charge in [0.1, 0.15) is 23.2 Å². The molecule has 0 aliphatic heterocycles. The van der Waals surface area contributed by atoms with Crippen molar-refractivity contribution in [3.8, 4) is 11.8 Å². The van der Waals surface area contributed by atoms with E-state index < -0.39 is 0 Å². The van der Waals surface area contributed by atoms with Crippen molar-refractivity contribution in [2.24, 2.45) is 7.05 Å². The maximum atomic E-state index is 11.9. The monoisotopic (exact) mass is 284 g/mol. The molecule has 0 radical (unpaired) electrons. The maximum absolute atomic E-state index is 11.9. The van der Waals surface area contributed by atoms with E-state index in [4.69, 9.17) is 10.00 Å². The SMILES string of the molecule is COc1ccc(CCC(=O)Nc2c(C#N)cnn2C)cc1. The quantitative estimate of drug-likeness (QED) is 0.909. The summed E-state index contributed by atoms with van der Waals surface area (Å²) in [4.78, 5) is 11.9. The number of hydrogen-bond donors (Lipinski definition) is 1. The second-order valence-corrected chi connectivity index (χ2v) is 4.54. The van der Waals surface area contributed by atoms with Crippen molar-refractivity contribution in [2.45, 2.75) is 12.8 Å². The molecule has 1 aromatic heterocycles. The molecule has 0 bridgehead atoms. The van der Waals surface area contributed by atoms with Gasteiger partial charge in [-0.2, -0.15) is 10.4 Å². The molecule has 0 unspecified atom stereocenters. The van der Waals surface area contributed by atoms with Gasteiger partial charge in [0.05, 0.1) is 13.3 Å². The molecule has 21 heavy (non-hydrogen) atoms. The number of anilines is 1. The van der Waals surface area contributed by atoms with Crippen LogP contribution in [0.25, 0.3) is 0 Å². The molecule has 0 spiro atoms. The Kier molecular flexibility index (Phi) is 4.57. The Morgan fingerprint density at radius 1 is 1.43 bits per heavy atom. The lowest BCUT2D eigenvalue weighted by Gasteiger charge is -2.06. The van der Waals surface area contributed by atoms with E-state index in [9.17, 15) is 4.79 Å². The molecule has 0 aliphatic carbocycles. The van der Waals surface area contributed by atoms with Gasteiger partial charge >= 0.3 is 0 Å². The first kappa shape index (κ1) is 14.6. The minimum atomic E-state index is -0.147. The predicted molar refractivity (Wildman–Crippen MR) is 77.9 cm³/mol. The Bertz CT molecular complexity index is 668. The minimum absolute atomic E-state index is 0.147. The number of carbonyl (C=O) groups excluding carboxylic acids is 1. The Morgan fingerprint density at radius 2 is 2.14 bits per heavy atom. The molecular formula is C15H16N4O2. The van der Waals surface area contributed by atoms with Crippen LogP contribution in [0.2, 0.25) is 0 Å². The molecule has 6 heteroatoms. The summed E-state index contributed by atoms with van der Waals surface area (Å²) >= 11 is 0. The molecule has 0 aliphatic rings. The van der Waals surface area contributed by atoms with Gasteiger partial charge in [0.25, 0.3) is 0 Å². The lowest BCUT2D eigenvalue weighted by molar-refractivity contribution is -0.116. The fourth-order valence-electron chi connectivity index (χ4n) is 1.91. The van der Waals surface area contributed by atoms with Crippen LogP contribution in [0, 0.1) is 11.3 Å². The highest BCUT2D eigenvalue weighted by molar-refractivity contribution is 5.91. The van der Waals surface area contributed by atoms with Gasteiger partial charge in [-0.25, -0.2) is 0 Å². The number of aryl methyl sites for hydroxylation is 2. The van der Waals surface area contributed by atoms with Crippen LogP contribution in [0.5, 0.6) is 5.75 Å². The van der Waals surface area contributed by atoms with Crippen molar-refractivity contribution in [3.63, 3.8) is 0 Å². The number of hydrogen-bond acceptors (Lipinski definition) is 4. The minimum Gasteiger partial charge on any atom is -0.497 e. The summed E-state index contributed by atoms with van der Waals surface area (Å²) < 4.78 is 6.56. The summed E-state index contributed by atoms with van der Waals surface area (Å²) in [7, 11) is 3.29. The van der Waals surface area contributed by atoms with Gasteiger partial charge in [-0.15, -0.1) is 0 Å². The van der Waals surface area contributed by atoms with Crippen LogP contribution >= 0.6 is 0 Å². The third-order valence-electron chi connectivity index (χ3n) is 3.12. The van der Waals surface area contributed by atoms with Crippen LogP contribution in [0.4, 0.5) is 5.82 Å². The number of nitriles is 1. The summed E-state index contributed by atoms with van der Waals surface area (Å²) in [5.74, 6) is 1.07. The summed E-state index contributed by atoms with van der Waals surface area (Å²) in [6.07, 6.45) is 2.39. The van der Waals surface area contributed by atoms with Gasteiger partial charge in [0.15, 0.2) is 0 Å². The third-order valence-corrected chi connectivity index (χ3v) is 3.12. The smallest absolute Gasteiger partial charge is 0.225 e. The highest BCUT2D eigenvalue weighted by Crippen LogP contribution is 2.15. The molecule has 108 valence electrons. The van der Waals surface area contributed by atoms with E-state index in [2.05, 4.69) is 10.4 Å². The highest BCUT2D eigenvalue weighted by Gasteiger charge is 2.11. The number of carbonyl (C=O) groups is 1. The molecular weight excluding hydrogens is 268 g/mol. The van der Waals surface area contributed by atoms with E-state index in [1.165, 1.54) is 10.9 Å². The third kappa shape index (κ3) is 3.60. The van der Waals surface area contributed by atoms with Gasteiger partial charge in [-0.3, -0.25) is 9.48 Å². The van der Waals surface area contributed by atoms with E-state index in [0.29, 0.717) is 24.2 Å². The summed E-state index contributed by atoms with van der Waals surface area (Å²) in [6.45, 7) is 0. The predicted octanol–water partition coefficient (Wildman–Crippen LogP) is 1.87. The Hall–Kier alpha value is -2.81. The number of nitrogens with one attached hydrogen (secondary N) is 1. The first-order valence-corrected chi connectivity index (χ1v) is 6.49. The molecule has 1 N–H and O–H groups in total. The zero-order valence-electron chi connectivity index (χ0n) is 12.0. The normalized spacial score (nSPS) is 9.95. The molecule has 0 atom stereocenters. The number of methoxy groups -OCH3 is 1. The van der Waals surface area contributed by atoms with Gasteiger partial charge in [-0.1, -0.05) is 12.1 Å². The van der Waals surface area contributed by atoms with Gasteiger partial charge in [0, 0.05) is 13.5 Å². The molecule has 6 nitrogen and oxygen atoms in total. The van der Waals surface area contributed by atoms with Crippen LogP contribution in [0.15, 0.2) is 30.5 Å². The van der Waals surface area contributed by atoms with Crippen LogP contribution in [0.3, 0.4) is 0 Å². The van der Waals surface area contributed by atoms with Crippen molar-refractivity contribution >= 4 is 11.7 Å². The van der Waals surface area contributed by atoms with Gasteiger partial charge < -0.3 is 10.1 Å². The largest absolute Gasteiger partial charge is 0.497 e. The zero-order chi connectivity index (χ0) is 15.2. The number of benzene rings is 1. The summed E-state index contributed by atoms with van der Waals surface area (Å²) in [6, 6.07) is 9.58. The van der Waals surface area contributed by atoms with Crippen molar-refractivity contribution in [1.29, 1.82) is 5.26 Å². The van der Waals surface area contributed by atoms with E-state index in [0.717, 1.165) is 11.3 Å². The molecule has 2 rings (SSSR count). The van der Waals surface area contributed by atoms with Crippen molar-refractivity contribution in [3.05, 3.63) is 41.6 Å². The molecule has 0 saturated carbocycles. The zero-order valence-corrected chi connectivity index (χ0v) is 12.0. The average molecular weight is 284 g/mol. The number of rotatable bonds is 5. The summed E-state index contributed by atoms with van der Waals surface area (Å²) in [5, 5.41) is 15.6. The maximum Gasteiger partial charge on any atom is 0.225 e. The van der Waals surface area contributed by atoms with E-state index >= 15 is 0 Å². The Labute approximate surface area is 123 Å². The van der Waals surface area contributed by atoms with Crippen LogP contribution in [-0.2, 0) is 18.3 Å². The van der Waals surface area contributed by atoms with Crippen LogP contribution in [0.1, 0.15) is 17.5 Å². The molecule has 2 aromatic rings. The fraction of sp³-hybridized carbons (Fsp3) is 0.267. The van der Waals surface area contributed by atoms with Crippen molar-refractivity contribution in [1.82, 2.24) is 9.78 Å². The van der Waals surface area contributed by atoms with Gasteiger partial charge in [0.2, 0.25) is 5.91 Å². The second-order valence-electron chi connectivity index (χ2n) is 4.54. The summed E-state index contributed by atoms with van der Waals surface area (Å²) in [5.41, 5.74) is 1.41. The highest BCUT2D eigenvalue weighted by atomic mass is 16.5. The first-order chi connectivity index (χ1) is 10.1.